The van der Waals surface area contributed by atoms with Crippen molar-refractivity contribution in [1.29, 1.82) is 0 Å². The Kier molecular flexibility index (Phi) is 6.77. The van der Waals surface area contributed by atoms with Crippen molar-refractivity contribution in [2.24, 2.45) is 5.92 Å². The fourth-order valence-electron chi connectivity index (χ4n) is 2.43. The molecule has 22 heavy (non-hydrogen) atoms. The van der Waals surface area contributed by atoms with E-state index in [1.165, 1.54) is 19.3 Å². The Morgan fingerprint density at radius 3 is 2.77 bits per heavy atom. The van der Waals surface area contributed by atoms with E-state index in [-0.39, 0.29) is 12.3 Å². The molecule has 0 spiro atoms. The van der Waals surface area contributed by atoms with Gasteiger partial charge in [-0.1, -0.05) is 31.4 Å². The Morgan fingerprint density at radius 2 is 2.09 bits per heavy atom. The van der Waals surface area contributed by atoms with E-state index in [0.717, 1.165) is 29.3 Å². The van der Waals surface area contributed by atoms with E-state index in [0.29, 0.717) is 12.2 Å². The van der Waals surface area contributed by atoms with Gasteiger partial charge in [0.15, 0.2) is 0 Å². The molecule has 120 valence electrons. The number of anilines is 1. The zero-order valence-corrected chi connectivity index (χ0v) is 13.5. The first-order chi connectivity index (χ1) is 10.6. The van der Waals surface area contributed by atoms with Crippen molar-refractivity contribution in [3.8, 4) is 0 Å². The number of amides is 1. The smallest absolute Gasteiger partial charge is 0.304 e. The summed E-state index contributed by atoms with van der Waals surface area (Å²) in [6.45, 7) is 0. The van der Waals surface area contributed by atoms with Crippen molar-refractivity contribution in [3.05, 3.63) is 29.8 Å². The van der Waals surface area contributed by atoms with Gasteiger partial charge in [-0.3, -0.25) is 9.59 Å². The summed E-state index contributed by atoms with van der Waals surface area (Å²) in [4.78, 5) is 22.4. The molecule has 1 fully saturated rings. The van der Waals surface area contributed by atoms with E-state index in [9.17, 15) is 9.59 Å². The van der Waals surface area contributed by atoms with Crippen LogP contribution in [0.4, 0.5) is 5.69 Å². The molecule has 1 aliphatic carbocycles. The van der Waals surface area contributed by atoms with Crippen molar-refractivity contribution in [2.45, 2.75) is 44.3 Å². The number of hydrogen-bond acceptors (Lipinski definition) is 3. The van der Waals surface area contributed by atoms with Crippen LogP contribution in [-0.2, 0) is 15.3 Å². The predicted molar refractivity (Wildman–Crippen MR) is 90.1 cm³/mol. The number of carboxylic acid groups (broad SMARTS) is 1. The highest BCUT2D eigenvalue weighted by Crippen LogP contribution is 2.30. The summed E-state index contributed by atoms with van der Waals surface area (Å²) < 4.78 is 0. The van der Waals surface area contributed by atoms with E-state index in [1.54, 1.807) is 11.8 Å². The third-order valence-corrected chi connectivity index (χ3v) is 4.97. The first kappa shape index (κ1) is 16.9. The monoisotopic (exact) mass is 321 g/mol. The molecule has 1 amide bonds. The van der Waals surface area contributed by atoms with E-state index in [4.69, 9.17) is 5.11 Å². The van der Waals surface area contributed by atoms with Gasteiger partial charge in [-0.25, -0.2) is 0 Å². The quantitative estimate of drug-likeness (QED) is 0.677. The van der Waals surface area contributed by atoms with Crippen molar-refractivity contribution in [2.75, 3.05) is 11.1 Å². The zero-order chi connectivity index (χ0) is 15.8. The van der Waals surface area contributed by atoms with Crippen molar-refractivity contribution < 1.29 is 14.7 Å². The molecule has 1 saturated carbocycles. The molecule has 0 radical (unpaired) electrons. The van der Waals surface area contributed by atoms with Crippen LogP contribution in [0.5, 0.6) is 0 Å². The molecule has 4 nitrogen and oxygen atoms in total. The summed E-state index contributed by atoms with van der Waals surface area (Å²) in [6, 6.07) is 7.79. The summed E-state index contributed by atoms with van der Waals surface area (Å²) in [5, 5.41) is 11.6. The van der Waals surface area contributed by atoms with Gasteiger partial charge in [0.2, 0.25) is 5.91 Å². The molecule has 1 aliphatic rings. The van der Waals surface area contributed by atoms with Crippen molar-refractivity contribution >= 4 is 29.3 Å². The third-order valence-electron chi connectivity index (χ3n) is 3.94. The van der Waals surface area contributed by atoms with Crippen LogP contribution in [-0.4, -0.2) is 22.7 Å². The fraction of sp³-hybridized carbons (Fsp3) is 0.529. The lowest BCUT2D eigenvalue weighted by molar-refractivity contribution is -0.136. The maximum Gasteiger partial charge on any atom is 0.304 e. The van der Waals surface area contributed by atoms with Crippen LogP contribution < -0.4 is 5.32 Å². The predicted octanol–water partition coefficient (Wildman–Crippen LogP) is 3.91. The minimum atomic E-state index is -0.764. The summed E-state index contributed by atoms with van der Waals surface area (Å²) in [6.07, 6.45) is 5.64. The summed E-state index contributed by atoms with van der Waals surface area (Å²) in [5.41, 5.74) is 1.93. The molecule has 0 atom stereocenters. The number of aliphatic carboxylic acids is 1. The fourth-order valence-corrected chi connectivity index (χ4v) is 3.31. The summed E-state index contributed by atoms with van der Waals surface area (Å²) in [5.74, 6) is 1.44. The van der Waals surface area contributed by atoms with Crippen LogP contribution >= 0.6 is 11.8 Å². The summed E-state index contributed by atoms with van der Waals surface area (Å²) >= 11 is 1.59. The molecule has 0 bridgehead atoms. The molecule has 1 aromatic rings. The summed E-state index contributed by atoms with van der Waals surface area (Å²) in [7, 11) is 0. The van der Waals surface area contributed by atoms with E-state index < -0.39 is 5.97 Å². The Labute approximate surface area is 135 Å². The normalized spacial score (nSPS) is 14.4. The minimum absolute atomic E-state index is 0.0857. The van der Waals surface area contributed by atoms with Gasteiger partial charge in [0.05, 0.1) is 6.42 Å². The second-order valence-corrected chi connectivity index (χ2v) is 6.89. The number of thioether (sulfide) groups is 1. The van der Waals surface area contributed by atoms with E-state index >= 15 is 0 Å². The van der Waals surface area contributed by atoms with Crippen LogP contribution in [0.2, 0.25) is 0 Å². The molecule has 2 rings (SSSR count). The molecule has 2 N–H and O–H groups in total. The van der Waals surface area contributed by atoms with Crippen molar-refractivity contribution in [1.82, 2.24) is 0 Å². The number of carbonyl (C=O) groups is 2. The average Bonchev–Trinajstić information content (AvgIpc) is 2.42. The van der Waals surface area contributed by atoms with Crippen LogP contribution in [0.1, 0.15) is 44.1 Å². The van der Waals surface area contributed by atoms with E-state index in [2.05, 4.69) is 5.32 Å². The molecule has 5 heteroatoms. The number of carboxylic acids is 1. The van der Waals surface area contributed by atoms with Gasteiger partial charge in [-0.05, 0) is 30.0 Å². The van der Waals surface area contributed by atoms with Crippen LogP contribution in [0.25, 0.3) is 0 Å². The van der Waals surface area contributed by atoms with Crippen LogP contribution in [0.15, 0.2) is 24.3 Å². The lowest BCUT2D eigenvalue weighted by Crippen LogP contribution is -2.16. The molecule has 1 aromatic carbocycles. The number of rotatable bonds is 9. The van der Waals surface area contributed by atoms with Crippen LogP contribution in [0.3, 0.4) is 0 Å². The number of carbonyl (C=O) groups excluding carboxylic acids is 1. The van der Waals surface area contributed by atoms with Gasteiger partial charge < -0.3 is 10.4 Å². The number of benzene rings is 1. The lowest BCUT2D eigenvalue weighted by atomic mass is 9.82. The highest BCUT2D eigenvalue weighted by atomic mass is 32.2. The number of hydrogen-bond donors (Lipinski definition) is 2. The Hall–Kier alpha value is -1.49. The maximum atomic E-state index is 11.9. The van der Waals surface area contributed by atoms with E-state index in [1.807, 2.05) is 24.3 Å². The standard InChI is InChI=1S/C17H23NO3S/c19-16(8-7-13-3-1-4-13)18-15-6-2-5-14(11-15)12-22-10-9-17(20)21/h2,5-6,11,13H,1,3-4,7-10,12H2,(H,18,19)(H,20,21). The number of nitrogens with one attached hydrogen (secondary N) is 1. The molecular weight excluding hydrogens is 298 g/mol. The third kappa shape index (κ3) is 6.10. The van der Waals surface area contributed by atoms with Gasteiger partial charge in [0.25, 0.3) is 0 Å². The largest absolute Gasteiger partial charge is 0.481 e. The lowest BCUT2D eigenvalue weighted by Gasteiger charge is -2.24. The molecule has 0 unspecified atom stereocenters. The van der Waals surface area contributed by atoms with Crippen molar-refractivity contribution in [3.63, 3.8) is 0 Å². The minimum Gasteiger partial charge on any atom is -0.481 e. The maximum absolute atomic E-state index is 11.9. The molecule has 0 saturated heterocycles. The van der Waals surface area contributed by atoms with Gasteiger partial charge in [0.1, 0.15) is 0 Å². The van der Waals surface area contributed by atoms with Crippen LogP contribution in [0, 0.1) is 5.92 Å². The van der Waals surface area contributed by atoms with Gasteiger partial charge in [0, 0.05) is 23.6 Å². The first-order valence-electron chi connectivity index (χ1n) is 7.82. The Morgan fingerprint density at radius 1 is 1.27 bits per heavy atom. The zero-order valence-electron chi connectivity index (χ0n) is 12.7. The van der Waals surface area contributed by atoms with Gasteiger partial charge >= 0.3 is 5.97 Å². The molecule has 0 heterocycles. The molecular formula is C17H23NO3S. The Balaban J connectivity index is 1.72. The van der Waals surface area contributed by atoms with Gasteiger partial charge in [-0.2, -0.15) is 11.8 Å². The molecule has 0 aromatic heterocycles. The first-order valence-corrected chi connectivity index (χ1v) is 8.97. The Bertz CT molecular complexity index is 514. The highest BCUT2D eigenvalue weighted by molar-refractivity contribution is 7.98. The highest BCUT2D eigenvalue weighted by Gasteiger charge is 2.18. The SMILES string of the molecule is O=C(O)CCSCc1cccc(NC(=O)CCC2CCC2)c1. The van der Waals surface area contributed by atoms with Gasteiger partial charge in [-0.15, -0.1) is 0 Å². The topological polar surface area (TPSA) is 66.4 Å². The molecule has 0 aliphatic heterocycles. The second kappa shape index (κ2) is 8.83. The average molecular weight is 321 g/mol. The second-order valence-electron chi connectivity index (χ2n) is 5.78.